The molecule has 2 bridgehead atoms. The van der Waals surface area contributed by atoms with E-state index in [2.05, 4.69) is 47.6 Å². The first-order valence-corrected chi connectivity index (χ1v) is 10.9. The van der Waals surface area contributed by atoms with Crippen LogP contribution in [0.4, 0.5) is 5.69 Å². The van der Waals surface area contributed by atoms with E-state index in [4.69, 9.17) is 12.2 Å². The van der Waals surface area contributed by atoms with Crippen LogP contribution in [-0.4, -0.2) is 34.2 Å². The summed E-state index contributed by atoms with van der Waals surface area (Å²) in [6.45, 7) is 4.26. The second-order valence-corrected chi connectivity index (χ2v) is 9.12. The van der Waals surface area contributed by atoms with Crippen molar-refractivity contribution in [1.29, 1.82) is 0 Å². The van der Waals surface area contributed by atoms with Crippen molar-refractivity contribution >= 4 is 23.0 Å². The first-order valence-electron chi connectivity index (χ1n) is 10.5. The van der Waals surface area contributed by atoms with Gasteiger partial charge < -0.3 is 10.6 Å². The molecule has 1 aromatic carbocycles. The molecule has 142 valence electrons. The number of hydrogen-bond acceptors (Lipinski definition) is 2. The molecule has 2 atom stereocenters. The summed E-state index contributed by atoms with van der Waals surface area (Å²) < 4.78 is 0. The molecule has 0 amide bonds. The average molecular weight is 372 g/mol. The number of hydrogen-bond donors (Lipinski definition) is 2. The number of aryl methyl sites for hydroxylation is 2. The summed E-state index contributed by atoms with van der Waals surface area (Å²) in [5.74, 6) is 0. The lowest BCUT2D eigenvalue weighted by atomic mass is 9.80. The first-order chi connectivity index (χ1) is 12.6. The molecule has 2 unspecified atom stereocenters. The van der Waals surface area contributed by atoms with Gasteiger partial charge in [-0.25, -0.2) is 0 Å². The number of anilines is 1. The SMILES string of the molecule is Cc1ccc(C)c(NC(=S)NC2CC3CCCC(C2)N3C2CCCC2)c1. The number of thiocarbonyl (C=S) groups is 1. The molecule has 0 spiro atoms. The second kappa shape index (κ2) is 7.85. The number of fused-ring (bicyclic) bond motifs is 2. The van der Waals surface area contributed by atoms with Crippen LogP contribution < -0.4 is 10.6 Å². The van der Waals surface area contributed by atoms with E-state index in [9.17, 15) is 0 Å². The fraction of sp³-hybridized carbons (Fsp3) is 0.682. The van der Waals surface area contributed by atoms with Crippen LogP contribution in [0.1, 0.15) is 68.9 Å². The normalized spacial score (nSPS) is 29.5. The standard InChI is InChI=1S/C22H33N3S/c1-15-10-11-16(2)21(12-15)24-22(26)23-17-13-19-8-5-9-20(14-17)25(19)18-6-3-4-7-18/h10-12,17-20H,3-9,13-14H2,1-2H3,(H2,23,24,26). The lowest BCUT2D eigenvalue weighted by molar-refractivity contribution is -0.00596. The molecular weight excluding hydrogens is 338 g/mol. The summed E-state index contributed by atoms with van der Waals surface area (Å²) in [4.78, 5) is 2.93. The van der Waals surface area contributed by atoms with Crippen molar-refractivity contribution in [3.8, 4) is 0 Å². The monoisotopic (exact) mass is 371 g/mol. The quantitative estimate of drug-likeness (QED) is 0.738. The highest BCUT2D eigenvalue weighted by atomic mass is 32.1. The van der Waals surface area contributed by atoms with Crippen molar-refractivity contribution in [1.82, 2.24) is 10.2 Å². The smallest absolute Gasteiger partial charge is 0.171 e. The summed E-state index contributed by atoms with van der Waals surface area (Å²) in [7, 11) is 0. The van der Waals surface area contributed by atoms with Gasteiger partial charge in [0.2, 0.25) is 0 Å². The Hall–Kier alpha value is -1.13. The van der Waals surface area contributed by atoms with E-state index < -0.39 is 0 Å². The second-order valence-electron chi connectivity index (χ2n) is 8.71. The van der Waals surface area contributed by atoms with Gasteiger partial charge in [0.05, 0.1) is 0 Å². The highest BCUT2D eigenvalue weighted by Gasteiger charge is 2.42. The molecule has 2 N–H and O–H groups in total. The van der Waals surface area contributed by atoms with E-state index in [1.165, 1.54) is 68.9 Å². The molecule has 1 aromatic rings. The summed E-state index contributed by atoms with van der Waals surface area (Å²) in [5, 5.41) is 7.87. The maximum atomic E-state index is 5.65. The fourth-order valence-corrected chi connectivity index (χ4v) is 5.83. The van der Waals surface area contributed by atoms with Crippen LogP contribution >= 0.6 is 12.2 Å². The molecule has 2 saturated heterocycles. The van der Waals surface area contributed by atoms with Gasteiger partial charge in [-0.2, -0.15) is 0 Å². The molecule has 2 aliphatic heterocycles. The van der Waals surface area contributed by atoms with Gasteiger partial charge in [-0.15, -0.1) is 0 Å². The summed E-state index contributed by atoms with van der Waals surface area (Å²) in [6.07, 6.45) is 12.4. The van der Waals surface area contributed by atoms with Crippen LogP contribution in [0.25, 0.3) is 0 Å². The maximum Gasteiger partial charge on any atom is 0.171 e. The third kappa shape index (κ3) is 3.91. The average Bonchev–Trinajstić information content (AvgIpc) is 3.11. The number of piperidine rings is 2. The molecule has 3 fully saturated rings. The molecule has 0 radical (unpaired) electrons. The summed E-state index contributed by atoms with van der Waals surface area (Å²) in [6, 6.07) is 9.42. The number of nitrogens with one attached hydrogen (secondary N) is 2. The third-order valence-corrected chi connectivity index (χ3v) is 6.97. The van der Waals surface area contributed by atoms with Crippen molar-refractivity contribution in [2.75, 3.05) is 5.32 Å². The molecule has 0 aromatic heterocycles. The minimum atomic E-state index is 0.521. The third-order valence-electron chi connectivity index (χ3n) is 6.75. The molecule has 3 nitrogen and oxygen atoms in total. The Labute approximate surface area is 163 Å². The van der Waals surface area contributed by atoms with Crippen molar-refractivity contribution in [2.24, 2.45) is 0 Å². The molecule has 26 heavy (non-hydrogen) atoms. The number of rotatable bonds is 3. The van der Waals surface area contributed by atoms with Gasteiger partial charge in [0, 0.05) is 29.9 Å². The number of benzene rings is 1. The van der Waals surface area contributed by atoms with Crippen molar-refractivity contribution < 1.29 is 0 Å². The van der Waals surface area contributed by atoms with Gasteiger partial charge in [0.15, 0.2) is 5.11 Å². The highest BCUT2D eigenvalue weighted by Crippen LogP contribution is 2.39. The zero-order valence-electron chi connectivity index (χ0n) is 16.3. The Kier molecular flexibility index (Phi) is 5.51. The Morgan fingerprint density at radius 2 is 1.62 bits per heavy atom. The predicted octanol–water partition coefficient (Wildman–Crippen LogP) is 4.92. The summed E-state index contributed by atoms with van der Waals surface area (Å²) >= 11 is 5.65. The molecule has 1 aliphatic carbocycles. The highest BCUT2D eigenvalue weighted by molar-refractivity contribution is 7.80. The van der Waals surface area contributed by atoms with E-state index in [-0.39, 0.29) is 0 Å². The zero-order chi connectivity index (χ0) is 18.1. The van der Waals surface area contributed by atoms with E-state index >= 15 is 0 Å². The minimum Gasteiger partial charge on any atom is -0.360 e. The Balaban J connectivity index is 1.37. The summed E-state index contributed by atoms with van der Waals surface area (Å²) in [5.41, 5.74) is 3.64. The molecule has 2 heterocycles. The molecule has 1 saturated carbocycles. The van der Waals surface area contributed by atoms with Gasteiger partial charge in [-0.3, -0.25) is 4.90 Å². The first kappa shape index (κ1) is 18.2. The Bertz CT molecular complexity index is 639. The van der Waals surface area contributed by atoms with Gasteiger partial charge in [0.25, 0.3) is 0 Å². The number of nitrogens with zero attached hydrogens (tertiary/aromatic N) is 1. The van der Waals surface area contributed by atoms with Crippen LogP contribution in [0.3, 0.4) is 0 Å². The zero-order valence-corrected chi connectivity index (χ0v) is 17.1. The van der Waals surface area contributed by atoms with E-state index in [0.29, 0.717) is 6.04 Å². The van der Waals surface area contributed by atoms with E-state index in [1.54, 1.807) is 0 Å². The van der Waals surface area contributed by atoms with Crippen LogP contribution in [-0.2, 0) is 0 Å². The molecule has 4 heteroatoms. The molecule has 3 aliphatic rings. The lowest BCUT2D eigenvalue weighted by Gasteiger charge is -2.52. The predicted molar refractivity (Wildman–Crippen MR) is 114 cm³/mol. The van der Waals surface area contributed by atoms with Gasteiger partial charge >= 0.3 is 0 Å². The van der Waals surface area contributed by atoms with E-state index in [0.717, 1.165) is 28.9 Å². The van der Waals surface area contributed by atoms with Crippen molar-refractivity contribution in [3.05, 3.63) is 29.3 Å². The molecule has 4 rings (SSSR count). The Morgan fingerprint density at radius 3 is 2.31 bits per heavy atom. The van der Waals surface area contributed by atoms with Crippen LogP contribution in [0.2, 0.25) is 0 Å². The fourth-order valence-electron chi connectivity index (χ4n) is 5.55. The Morgan fingerprint density at radius 1 is 0.962 bits per heavy atom. The minimum absolute atomic E-state index is 0.521. The van der Waals surface area contributed by atoms with Gasteiger partial charge in [-0.05, 0) is 81.8 Å². The van der Waals surface area contributed by atoms with Crippen LogP contribution in [0.5, 0.6) is 0 Å². The lowest BCUT2D eigenvalue weighted by Crippen LogP contribution is -2.59. The molecular formula is C22H33N3S. The van der Waals surface area contributed by atoms with Crippen molar-refractivity contribution in [3.63, 3.8) is 0 Å². The topological polar surface area (TPSA) is 27.3 Å². The largest absolute Gasteiger partial charge is 0.360 e. The van der Waals surface area contributed by atoms with Crippen LogP contribution in [0, 0.1) is 13.8 Å². The van der Waals surface area contributed by atoms with Gasteiger partial charge in [0.1, 0.15) is 0 Å². The van der Waals surface area contributed by atoms with Gasteiger partial charge in [-0.1, -0.05) is 31.4 Å². The van der Waals surface area contributed by atoms with E-state index in [1.807, 2.05) is 0 Å². The van der Waals surface area contributed by atoms with Crippen molar-refractivity contribution in [2.45, 2.75) is 95.8 Å². The van der Waals surface area contributed by atoms with Crippen LogP contribution in [0.15, 0.2) is 18.2 Å². The maximum absolute atomic E-state index is 5.65.